The molecule has 2 unspecified atom stereocenters. The number of nitrogens with zero attached hydrogens (tertiary/aromatic N) is 1. The summed E-state index contributed by atoms with van der Waals surface area (Å²) in [4.78, 5) is 0.319. The maximum atomic E-state index is 12.8. The van der Waals surface area contributed by atoms with E-state index in [1.165, 1.54) is 0 Å². The normalized spacial score (nSPS) is 24.1. The van der Waals surface area contributed by atoms with Gasteiger partial charge in [0.15, 0.2) is 0 Å². The quantitative estimate of drug-likeness (QED) is 0.869. The molecule has 20 heavy (non-hydrogen) atoms. The highest BCUT2D eigenvalue weighted by molar-refractivity contribution is 7.89. The van der Waals surface area contributed by atoms with Crippen LogP contribution in [0.1, 0.15) is 45.6 Å². The average molecular weight is 296 g/mol. The summed E-state index contributed by atoms with van der Waals surface area (Å²) in [6.07, 6.45) is 3.54. The third kappa shape index (κ3) is 2.56. The molecule has 2 atom stereocenters. The zero-order chi connectivity index (χ0) is 14.9. The van der Waals surface area contributed by atoms with E-state index in [1.54, 1.807) is 16.4 Å². The Morgan fingerprint density at radius 2 is 2.00 bits per heavy atom. The molecule has 1 heterocycles. The molecule has 0 radical (unpaired) electrons. The van der Waals surface area contributed by atoms with E-state index in [-0.39, 0.29) is 12.1 Å². The van der Waals surface area contributed by atoms with Crippen LogP contribution in [0.2, 0.25) is 0 Å². The molecule has 1 aliphatic rings. The predicted molar refractivity (Wildman–Crippen MR) is 82.0 cm³/mol. The Bertz CT molecular complexity index is 584. The summed E-state index contributed by atoms with van der Waals surface area (Å²) in [7, 11) is -3.44. The minimum absolute atomic E-state index is 0.0667. The van der Waals surface area contributed by atoms with Crippen LogP contribution in [0.15, 0.2) is 23.1 Å². The molecule has 0 bridgehead atoms. The van der Waals surface area contributed by atoms with E-state index in [0.29, 0.717) is 10.6 Å². The first kappa shape index (κ1) is 15.3. The third-order valence-electron chi connectivity index (χ3n) is 4.26. The summed E-state index contributed by atoms with van der Waals surface area (Å²) < 4.78 is 27.3. The van der Waals surface area contributed by atoms with Crippen LogP contribution in [0, 0.1) is 0 Å². The molecule has 4 nitrogen and oxygen atoms in total. The van der Waals surface area contributed by atoms with Gasteiger partial charge < -0.3 is 5.73 Å². The van der Waals surface area contributed by atoms with Gasteiger partial charge >= 0.3 is 0 Å². The lowest BCUT2D eigenvalue weighted by Crippen LogP contribution is -2.39. The lowest BCUT2D eigenvalue weighted by Gasteiger charge is -2.27. The number of rotatable bonds is 4. The first-order chi connectivity index (χ1) is 9.41. The highest BCUT2D eigenvalue weighted by atomic mass is 32.2. The first-order valence-corrected chi connectivity index (χ1v) is 8.77. The number of hydrogen-bond donors (Lipinski definition) is 1. The Morgan fingerprint density at radius 3 is 2.55 bits per heavy atom. The Labute approximate surface area is 122 Å². The van der Waals surface area contributed by atoms with Crippen LogP contribution < -0.4 is 5.73 Å². The van der Waals surface area contributed by atoms with Gasteiger partial charge in [-0.05, 0) is 50.3 Å². The molecule has 0 amide bonds. The summed E-state index contributed by atoms with van der Waals surface area (Å²) in [5, 5.41) is 0. The van der Waals surface area contributed by atoms with Crippen molar-refractivity contribution in [3.63, 3.8) is 0 Å². The highest BCUT2D eigenvalue weighted by Gasteiger charge is 2.39. The van der Waals surface area contributed by atoms with Crippen LogP contribution >= 0.6 is 0 Å². The van der Waals surface area contributed by atoms with Crippen molar-refractivity contribution < 1.29 is 8.42 Å². The zero-order valence-electron chi connectivity index (χ0n) is 12.5. The smallest absolute Gasteiger partial charge is 0.243 e. The molecule has 1 aromatic rings. The summed E-state index contributed by atoms with van der Waals surface area (Å²) in [5.41, 5.74) is 7.50. The van der Waals surface area contributed by atoms with Crippen LogP contribution in [0.25, 0.3) is 0 Å². The van der Waals surface area contributed by atoms with Crippen molar-refractivity contribution in [2.24, 2.45) is 0 Å². The molecule has 2 N–H and O–H groups in total. The van der Waals surface area contributed by atoms with Gasteiger partial charge in [0.2, 0.25) is 10.0 Å². The Kier molecular flexibility index (Phi) is 4.39. The number of nitrogen functional groups attached to an aromatic ring is 1. The van der Waals surface area contributed by atoms with E-state index in [1.807, 2.05) is 26.8 Å². The molecule has 1 aromatic carbocycles. The highest BCUT2D eigenvalue weighted by Crippen LogP contribution is 2.33. The molecule has 2 rings (SSSR count). The SMILES string of the molecule is CCc1ccc(S(=O)(=O)N2C(C)CCC2CC)cc1N. The summed E-state index contributed by atoms with van der Waals surface area (Å²) in [5.74, 6) is 0. The van der Waals surface area contributed by atoms with E-state index in [0.717, 1.165) is 31.2 Å². The second-order valence-electron chi connectivity index (χ2n) is 5.54. The molecule has 1 aliphatic heterocycles. The van der Waals surface area contributed by atoms with Crippen LogP contribution in [-0.4, -0.2) is 24.8 Å². The van der Waals surface area contributed by atoms with Crippen LogP contribution in [0.5, 0.6) is 0 Å². The topological polar surface area (TPSA) is 63.4 Å². The third-order valence-corrected chi connectivity index (χ3v) is 6.32. The lowest BCUT2D eigenvalue weighted by atomic mass is 10.1. The Hall–Kier alpha value is -1.07. The number of hydrogen-bond acceptors (Lipinski definition) is 3. The van der Waals surface area contributed by atoms with Gasteiger partial charge in [0, 0.05) is 17.8 Å². The molecule has 0 aliphatic carbocycles. The van der Waals surface area contributed by atoms with E-state index in [9.17, 15) is 8.42 Å². The standard InChI is InChI=1S/C15H24N2O2S/c1-4-12-7-9-14(10-15(12)16)20(18,19)17-11(3)6-8-13(17)5-2/h7,9-11,13H,4-6,8,16H2,1-3H3. The van der Waals surface area contributed by atoms with Crippen molar-refractivity contribution >= 4 is 15.7 Å². The Balaban J connectivity index is 2.42. The van der Waals surface area contributed by atoms with Gasteiger partial charge in [-0.3, -0.25) is 0 Å². The monoisotopic (exact) mass is 296 g/mol. The van der Waals surface area contributed by atoms with Crippen molar-refractivity contribution in [3.8, 4) is 0 Å². The molecule has 112 valence electrons. The van der Waals surface area contributed by atoms with E-state index < -0.39 is 10.0 Å². The fraction of sp³-hybridized carbons (Fsp3) is 0.600. The maximum Gasteiger partial charge on any atom is 0.243 e. The second-order valence-corrected chi connectivity index (χ2v) is 7.38. The Morgan fingerprint density at radius 1 is 1.30 bits per heavy atom. The largest absolute Gasteiger partial charge is 0.398 e. The van der Waals surface area contributed by atoms with E-state index in [2.05, 4.69) is 0 Å². The molecule has 1 saturated heterocycles. The average Bonchev–Trinajstić information content (AvgIpc) is 2.80. The predicted octanol–water partition coefficient (Wildman–Crippen LogP) is 2.78. The van der Waals surface area contributed by atoms with Crippen molar-refractivity contribution in [2.45, 2.75) is 63.4 Å². The van der Waals surface area contributed by atoms with Crippen molar-refractivity contribution in [2.75, 3.05) is 5.73 Å². The van der Waals surface area contributed by atoms with E-state index >= 15 is 0 Å². The number of anilines is 1. The maximum absolute atomic E-state index is 12.8. The van der Waals surface area contributed by atoms with Crippen molar-refractivity contribution in [3.05, 3.63) is 23.8 Å². The number of benzene rings is 1. The van der Waals surface area contributed by atoms with Crippen LogP contribution in [0.4, 0.5) is 5.69 Å². The molecule has 0 saturated carbocycles. The van der Waals surface area contributed by atoms with Gasteiger partial charge in [-0.25, -0.2) is 8.42 Å². The van der Waals surface area contributed by atoms with Gasteiger partial charge in [-0.15, -0.1) is 0 Å². The lowest BCUT2D eigenvalue weighted by molar-refractivity contribution is 0.328. The van der Waals surface area contributed by atoms with E-state index in [4.69, 9.17) is 5.73 Å². The van der Waals surface area contributed by atoms with Gasteiger partial charge in [0.25, 0.3) is 0 Å². The minimum Gasteiger partial charge on any atom is -0.398 e. The summed E-state index contributed by atoms with van der Waals surface area (Å²) >= 11 is 0. The molecular formula is C15H24N2O2S. The van der Waals surface area contributed by atoms with Crippen LogP contribution in [0.3, 0.4) is 0 Å². The second kappa shape index (κ2) is 5.74. The fourth-order valence-electron chi connectivity index (χ4n) is 3.04. The van der Waals surface area contributed by atoms with Crippen molar-refractivity contribution in [1.82, 2.24) is 4.31 Å². The van der Waals surface area contributed by atoms with Gasteiger partial charge in [0.1, 0.15) is 0 Å². The van der Waals surface area contributed by atoms with Gasteiger partial charge in [-0.1, -0.05) is 19.9 Å². The molecule has 0 spiro atoms. The fourth-order valence-corrected chi connectivity index (χ4v) is 5.03. The molecule has 0 aromatic heterocycles. The minimum atomic E-state index is -3.44. The summed E-state index contributed by atoms with van der Waals surface area (Å²) in [6, 6.07) is 5.29. The number of aryl methyl sites for hydroxylation is 1. The van der Waals surface area contributed by atoms with Gasteiger partial charge in [-0.2, -0.15) is 4.31 Å². The summed E-state index contributed by atoms with van der Waals surface area (Å²) in [6.45, 7) is 6.03. The van der Waals surface area contributed by atoms with Crippen molar-refractivity contribution in [1.29, 1.82) is 0 Å². The molecular weight excluding hydrogens is 272 g/mol. The zero-order valence-corrected chi connectivity index (χ0v) is 13.3. The van der Waals surface area contributed by atoms with Gasteiger partial charge in [0.05, 0.1) is 4.90 Å². The number of nitrogens with two attached hydrogens (primary N) is 1. The van der Waals surface area contributed by atoms with Crippen LogP contribution in [-0.2, 0) is 16.4 Å². The molecule has 1 fully saturated rings. The first-order valence-electron chi connectivity index (χ1n) is 7.33. The number of sulfonamides is 1. The molecule has 5 heteroatoms.